The van der Waals surface area contributed by atoms with Crippen LogP contribution in [0.4, 0.5) is 0 Å². The maximum atomic E-state index is 4.71. The minimum atomic E-state index is 0.361. The molecule has 0 amide bonds. The standard InChI is InChI=1S/C18H21N9/c1-24-11-15(19-13-24)12-25-9-5-14(6-10-25)18-22-21-16-3-4-17(23-27(16)18)26-8-2-7-20-26/h2-4,7-8,11,13-14H,5-6,9-10,12H2,1H3. The lowest BCUT2D eigenvalue weighted by molar-refractivity contribution is 0.199. The van der Waals surface area contributed by atoms with E-state index < -0.39 is 0 Å². The number of aromatic nitrogens is 8. The molecule has 5 heterocycles. The van der Waals surface area contributed by atoms with Crippen molar-refractivity contribution in [2.45, 2.75) is 25.3 Å². The molecule has 27 heavy (non-hydrogen) atoms. The van der Waals surface area contributed by atoms with Crippen molar-refractivity contribution in [1.82, 2.24) is 44.0 Å². The molecule has 1 fully saturated rings. The van der Waals surface area contributed by atoms with Crippen LogP contribution in [0.15, 0.2) is 43.1 Å². The Morgan fingerprint density at radius 1 is 1.15 bits per heavy atom. The summed E-state index contributed by atoms with van der Waals surface area (Å²) >= 11 is 0. The van der Waals surface area contributed by atoms with Crippen LogP contribution in [0.5, 0.6) is 0 Å². The van der Waals surface area contributed by atoms with Gasteiger partial charge in [-0.05, 0) is 44.1 Å². The Bertz CT molecular complexity index is 1040. The van der Waals surface area contributed by atoms with Crippen LogP contribution in [-0.2, 0) is 13.6 Å². The molecule has 1 aliphatic rings. The number of aryl methyl sites for hydroxylation is 1. The van der Waals surface area contributed by atoms with Crippen LogP contribution < -0.4 is 0 Å². The molecular weight excluding hydrogens is 342 g/mol. The molecule has 0 radical (unpaired) electrons. The predicted molar refractivity (Wildman–Crippen MR) is 98.4 cm³/mol. The van der Waals surface area contributed by atoms with Crippen molar-refractivity contribution in [2.75, 3.05) is 13.1 Å². The average molecular weight is 363 g/mol. The van der Waals surface area contributed by atoms with Crippen molar-refractivity contribution in [2.24, 2.45) is 7.05 Å². The largest absolute Gasteiger partial charge is 0.340 e. The summed E-state index contributed by atoms with van der Waals surface area (Å²) in [5.74, 6) is 2.07. The summed E-state index contributed by atoms with van der Waals surface area (Å²) in [5, 5.41) is 17.7. The van der Waals surface area contributed by atoms with Gasteiger partial charge in [-0.1, -0.05) is 0 Å². The molecule has 4 aromatic rings. The molecule has 0 atom stereocenters. The topological polar surface area (TPSA) is 82.0 Å². The summed E-state index contributed by atoms with van der Waals surface area (Å²) in [7, 11) is 2.00. The first-order valence-electron chi connectivity index (χ1n) is 9.18. The van der Waals surface area contributed by atoms with E-state index in [2.05, 4.69) is 31.4 Å². The van der Waals surface area contributed by atoms with Crippen LogP contribution >= 0.6 is 0 Å². The Morgan fingerprint density at radius 3 is 2.78 bits per heavy atom. The molecular formula is C18H21N9. The van der Waals surface area contributed by atoms with Gasteiger partial charge in [-0.3, -0.25) is 4.90 Å². The summed E-state index contributed by atoms with van der Waals surface area (Å²) in [6, 6.07) is 5.74. The van der Waals surface area contributed by atoms with Gasteiger partial charge in [-0.15, -0.1) is 15.3 Å². The summed E-state index contributed by atoms with van der Waals surface area (Å²) in [6.07, 6.45) is 9.65. The highest BCUT2D eigenvalue weighted by atomic mass is 15.4. The zero-order chi connectivity index (χ0) is 18.2. The third kappa shape index (κ3) is 3.10. The first-order valence-corrected chi connectivity index (χ1v) is 9.18. The van der Waals surface area contributed by atoms with Crippen LogP contribution in [0.3, 0.4) is 0 Å². The molecule has 0 saturated carbocycles. The van der Waals surface area contributed by atoms with E-state index in [9.17, 15) is 0 Å². The lowest BCUT2D eigenvalue weighted by Gasteiger charge is -2.30. The van der Waals surface area contributed by atoms with E-state index >= 15 is 0 Å². The van der Waals surface area contributed by atoms with E-state index in [1.807, 2.05) is 46.9 Å². The fourth-order valence-corrected chi connectivity index (χ4v) is 3.70. The molecule has 0 N–H and O–H groups in total. The number of hydrogen-bond acceptors (Lipinski definition) is 6. The average Bonchev–Trinajstić information content (AvgIpc) is 3.43. The van der Waals surface area contributed by atoms with Crippen LogP contribution in [0.25, 0.3) is 11.5 Å². The van der Waals surface area contributed by atoms with E-state index in [-0.39, 0.29) is 0 Å². The Hall–Kier alpha value is -3.07. The highest BCUT2D eigenvalue weighted by molar-refractivity contribution is 5.39. The maximum absolute atomic E-state index is 4.71. The van der Waals surface area contributed by atoms with Gasteiger partial charge in [0.15, 0.2) is 17.3 Å². The van der Waals surface area contributed by atoms with Crippen molar-refractivity contribution in [3.05, 3.63) is 54.6 Å². The fraction of sp³-hybridized carbons (Fsp3) is 0.389. The van der Waals surface area contributed by atoms with Crippen molar-refractivity contribution in [3.8, 4) is 5.82 Å². The minimum Gasteiger partial charge on any atom is -0.340 e. The second-order valence-corrected chi connectivity index (χ2v) is 7.05. The van der Waals surface area contributed by atoms with Crippen LogP contribution in [0.2, 0.25) is 0 Å². The molecule has 0 aliphatic carbocycles. The van der Waals surface area contributed by atoms with Crippen LogP contribution in [0.1, 0.15) is 30.3 Å². The number of imidazole rings is 1. The Balaban J connectivity index is 1.33. The molecule has 0 aromatic carbocycles. The quantitative estimate of drug-likeness (QED) is 0.545. The summed E-state index contributed by atoms with van der Waals surface area (Å²) in [5.41, 5.74) is 1.89. The number of piperidine rings is 1. The van der Waals surface area contributed by atoms with Gasteiger partial charge in [0.25, 0.3) is 0 Å². The molecule has 9 heteroatoms. The van der Waals surface area contributed by atoms with Gasteiger partial charge < -0.3 is 4.57 Å². The Kier molecular flexibility index (Phi) is 3.93. The highest BCUT2D eigenvalue weighted by Crippen LogP contribution is 2.27. The predicted octanol–water partition coefficient (Wildman–Crippen LogP) is 1.42. The first kappa shape index (κ1) is 16.1. The molecule has 1 aliphatic heterocycles. The van der Waals surface area contributed by atoms with Crippen molar-refractivity contribution >= 4 is 5.65 Å². The second kappa shape index (κ2) is 6.58. The fourth-order valence-electron chi connectivity index (χ4n) is 3.70. The van der Waals surface area contributed by atoms with E-state index in [1.165, 1.54) is 0 Å². The molecule has 138 valence electrons. The van der Waals surface area contributed by atoms with Crippen molar-refractivity contribution in [1.29, 1.82) is 0 Å². The van der Waals surface area contributed by atoms with Gasteiger partial charge in [-0.2, -0.15) is 9.61 Å². The van der Waals surface area contributed by atoms with Gasteiger partial charge >= 0.3 is 0 Å². The normalized spacial score (nSPS) is 16.3. The van der Waals surface area contributed by atoms with Crippen molar-refractivity contribution in [3.63, 3.8) is 0 Å². The molecule has 0 bridgehead atoms. The SMILES string of the molecule is Cn1cnc(CN2CCC(c3nnc4ccc(-n5cccn5)nn34)CC2)c1. The zero-order valence-electron chi connectivity index (χ0n) is 15.2. The molecule has 0 spiro atoms. The Morgan fingerprint density at radius 2 is 2.04 bits per heavy atom. The monoisotopic (exact) mass is 363 g/mol. The lowest BCUT2D eigenvalue weighted by Crippen LogP contribution is -2.33. The van der Waals surface area contributed by atoms with Crippen LogP contribution in [-0.4, -0.2) is 57.1 Å². The highest BCUT2D eigenvalue weighted by Gasteiger charge is 2.25. The smallest absolute Gasteiger partial charge is 0.178 e. The number of rotatable bonds is 4. The van der Waals surface area contributed by atoms with Crippen molar-refractivity contribution < 1.29 is 0 Å². The summed E-state index contributed by atoms with van der Waals surface area (Å²) in [6.45, 7) is 2.94. The number of nitrogens with zero attached hydrogens (tertiary/aromatic N) is 9. The molecule has 1 saturated heterocycles. The third-order valence-corrected chi connectivity index (χ3v) is 5.11. The number of hydrogen-bond donors (Lipinski definition) is 0. The minimum absolute atomic E-state index is 0.361. The van der Waals surface area contributed by atoms with Crippen LogP contribution in [0, 0.1) is 0 Å². The zero-order valence-corrected chi connectivity index (χ0v) is 15.2. The van der Waals surface area contributed by atoms with E-state index in [0.717, 1.165) is 55.5 Å². The number of likely N-dealkylation sites (tertiary alicyclic amines) is 1. The van der Waals surface area contributed by atoms with E-state index in [0.29, 0.717) is 5.92 Å². The molecule has 4 aromatic heterocycles. The molecule has 0 unspecified atom stereocenters. The Labute approximate surface area is 156 Å². The maximum Gasteiger partial charge on any atom is 0.178 e. The lowest BCUT2D eigenvalue weighted by atomic mass is 9.96. The van der Waals surface area contributed by atoms with E-state index in [4.69, 9.17) is 5.10 Å². The third-order valence-electron chi connectivity index (χ3n) is 5.11. The van der Waals surface area contributed by atoms with Gasteiger partial charge in [0.2, 0.25) is 0 Å². The molecule has 9 nitrogen and oxygen atoms in total. The van der Waals surface area contributed by atoms with Gasteiger partial charge in [0.1, 0.15) is 0 Å². The summed E-state index contributed by atoms with van der Waals surface area (Å²) in [4.78, 5) is 6.88. The van der Waals surface area contributed by atoms with Gasteiger partial charge in [-0.25, -0.2) is 9.67 Å². The number of fused-ring (bicyclic) bond motifs is 1. The summed E-state index contributed by atoms with van der Waals surface area (Å²) < 4.78 is 5.61. The van der Waals surface area contributed by atoms with E-state index in [1.54, 1.807) is 10.9 Å². The second-order valence-electron chi connectivity index (χ2n) is 7.05. The van der Waals surface area contributed by atoms with Gasteiger partial charge in [0, 0.05) is 38.1 Å². The first-order chi connectivity index (χ1) is 13.3. The molecule has 5 rings (SSSR count). The van der Waals surface area contributed by atoms with Gasteiger partial charge in [0.05, 0.1) is 12.0 Å².